The van der Waals surface area contributed by atoms with E-state index in [4.69, 9.17) is 4.74 Å². The fourth-order valence-electron chi connectivity index (χ4n) is 2.91. The number of hydrogen-bond acceptors (Lipinski definition) is 2. The van der Waals surface area contributed by atoms with Crippen LogP contribution >= 0.6 is 15.9 Å². The highest BCUT2D eigenvalue weighted by Crippen LogP contribution is 2.30. The summed E-state index contributed by atoms with van der Waals surface area (Å²) in [6.45, 7) is 5.85. The molecule has 2 aromatic carbocycles. The first kappa shape index (κ1) is 14.8. The van der Waals surface area contributed by atoms with Gasteiger partial charge in [-0.2, -0.15) is 0 Å². The van der Waals surface area contributed by atoms with Crippen molar-refractivity contribution in [2.75, 3.05) is 19.7 Å². The molecular weight excluding hydrogens is 326 g/mol. The molecule has 3 heteroatoms. The maximum atomic E-state index is 6.10. The van der Waals surface area contributed by atoms with E-state index in [1.54, 1.807) is 0 Å². The minimum atomic E-state index is -0.228. The molecule has 1 aliphatic heterocycles. The highest BCUT2D eigenvalue weighted by atomic mass is 79.9. The molecule has 0 unspecified atom stereocenters. The quantitative estimate of drug-likeness (QED) is 0.826. The van der Waals surface area contributed by atoms with E-state index < -0.39 is 0 Å². The van der Waals surface area contributed by atoms with Crippen LogP contribution in [0.2, 0.25) is 0 Å². The Bertz CT molecular complexity index is 584. The summed E-state index contributed by atoms with van der Waals surface area (Å²) < 4.78 is 7.21. The number of nitrogens with zero attached hydrogens (tertiary/aromatic N) is 1. The van der Waals surface area contributed by atoms with Gasteiger partial charge in [0.25, 0.3) is 0 Å². The Morgan fingerprint density at radius 3 is 2.52 bits per heavy atom. The van der Waals surface area contributed by atoms with E-state index in [9.17, 15) is 0 Å². The second-order valence-corrected chi connectivity index (χ2v) is 6.70. The van der Waals surface area contributed by atoms with Crippen LogP contribution in [0.4, 0.5) is 0 Å². The average Bonchev–Trinajstić information content (AvgIpc) is 2.49. The standard InChI is InChI=1S/C18H20BrNO/c1-18(16-7-9-17(19)10-8-16)14-20(11-12-21-18)13-15-5-3-2-4-6-15/h2-10H,11-14H2,1H3/t18-/m0/s1. The molecule has 0 bridgehead atoms. The number of ether oxygens (including phenoxy) is 1. The third-order valence-electron chi connectivity index (χ3n) is 4.06. The topological polar surface area (TPSA) is 12.5 Å². The molecule has 1 fully saturated rings. The van der Waals surface area contributed by atoms with Crippen LogP contribution in [0, 0.1) is 0 Å². The average molecular weight is 346 g/mol. The molecule has 2 aromatic rings. The Balaban J connectivity index is 1.74. The number of hydrogen-bond donors (Lipinski definition) is 0. The molecule has 110 valence electrons. The SMILES string of the molecule is C[C@@]1(c2ccc(Br)cc2)CN(Cc2ccccc2)CCO1. The van der Waals surface area contributed by atoms with Gasteiger partial charge in [0.15, 0.2) is 0 Å². The molecule has 0 radical (unpaired) electrons. The van der Waals surface area contributed by atoms with E-state index >= 15 is 0 Å². The van der Waals surface area contributed by atoms with E-state index in [1.165, 1.54) is 11.1 Å². The normalized spacial score (nSPS) is 23.1. The van der Waals surface area contributed by atoms with Gasteiger partial charge in [-0.15, -0.1) is 0 Å². The summed E-state index contributed by atoms with van der Waals surface area (Å²) in [4.78, 5) is 2.47. The lowest BCUT2D eigenvalue weighted by Crippen LogP contribution is -2.47. The van der Waals surface area contributed by atoms with E-state index in [1.807, 2.05) is 0 Å². The number of benzene rings is 2. The molecule has 1 saturated heterocycles. The Labute approximate surface area is 134 Å². The first-order valence-electron chi connectivity index (χ1n) is 7.32. The van der Waals surface area contributed by atoms with E-state index in [0.29, 0.717) is 0 Å². The fraction of sp³-hybridized carbons (Fsp3) is 0.333. The van der Waals surface area contributed by atoms with Crippen molar-refractivity contribution >= 4 is 15.9 Å². The molecule has 0 N–H and O–H groups in total. The number of rotatable bonds is 3. The van der Waals surface area contributed by atoms with Crippen LogP contribution in [0.15, 0.2) is 59.1 Å². The van der Waals surface area contributed by atoms with Crippen molar-refractivity contribution in [3.8, 4) is 0 Å². The van der Waals surface area contributed by atoms with Crippen LogP contribution in [-0.2, 0) is 16.9 Å². The van der Waals surface area contributed by atoms with Gasteiger partial charge in [0.1, 0.15) is 5.60 Å². The van der Waals surface area contributed by atoms with Gasteiger partial charge in [-0.3, -0.25) is 4.90 Å². The van der Waals surface area contributed by atoms with Gasteiger partial charge >= 0.3 is 0 Å². The zero-order valence-corrected chi connectivity index (χ0v) is 13.8. The summed E-state index contributed by atoms with van der Waals surface area (Å²) >= 11 is 3.49. The maximum Gasteiger partial charge on any atom is 0.103 e. The van der Waals surface area contributed by atoms with Gasteiger partial charge in [0.2, 0.25) is 0 Å². The van der Waals surface area contributed by atoms with E-state index in [-0.39, 0.29) is 5.60 Å². The summed E-state index contributed by atoms with van der Waals surface area (Å²) in [7, 11) is 0. The summed E-state index contributed by atoms with van der Waals surface area (Å²) in [5, 5.41) is 0. The summed E-state index contributed by atoms with van der Waals surface area (Å²) in [6, 6.07) is 19.1. The van der Waals surface area contributed by atoms with Gasteiger partial charge in [-0.05, 0) is 30.2 Å². The fourth-order valence-corrected chi connectivity index (χ4v) is 3.17. The zero-order chi connectivity index (χ0) is 14.7. The largest absolute Gasteiger partial charge is 0.368 e. The lowest BCUT2D eigenvalue weighted by Gasteiger charge is -2.41. The minimum Gasteiger partial charge on any atom is -0.368 e. The smallest absolute Gasteiger partial charge is 0.103 e. The van der Waals surface area contributed by atoms with Crippen molar-refractivity contribution in [3.63, 3.8) is 0 Å². The molecule has 1 aliphatic rings. The summed E-state index contributed by atoms with van der Waals surface area (Å²) in [5.74, 6) is 0. The molecular formula is C18H20BrNO. The molecule has 21 heavy (non-hydrogen) atoms. The van der Waals surface area contributed by atoms with Crippen LogP contribution in [0.1, 0.15) is 18.1 Å². The Hall–Kier alpha value is -1.16. The number of halogens is 1. The molecule has 1 atom stereocenters. The van der Waals surface area contributed by atoms with Gasteiger partial charge in [0, 0.05) is 24.1 Å². The predicted molar refractivity (Wildman–Crippen MR) is 89.2 cm³/mol. The maximum absolute atomic E-state index is 6.10. The van der Waals surface area contributed by atoms with Crippen molar-refractivity contribution in [2.45, 2.75) is 19.1 Å². The molecule has 3 rings (SSSR count). The van der Waals surface area contributed by atoms with Crippen molar-refractivity contribution < 1.29 is 4.74 Å². The second kappa shape index (κ2) is 6.30. The third kappa shape index (κ3) is 3.54. The van der Waals surface area contributed by atoms with Gasteiger partial charge in [-0.25, -0.2) is 0 Å². The second-order valence-electron chi connectivity index (χ2n) is 5.78. The predicted octanol–water partition coefficient (Wildman–Crippen LogP) is 4.20. The minimum absolute atomic E-state index is 0.228. The van der Waals surface area contributed by atoms with Crippen molar-refractivity contribution in [1.82, 2.24) is 4.90 Å². The first-order valence-corrected chi connectivity index (χ1v) is 8.11. The summed E-state index contributed by atoms with van der Waals surface area (Å²) in [6.07, 6.45) is 0. The molecule has 0 spiro atoms. The molecule has 0 aliphatic carbocycles. The first-order chi connectivity index (χ1) is 10.2. The Morgan fingerprint density at radius 2 is 1.81 bits per heavy atom. The van der Waals surface area contributed by atoms with Crippen LogP contribution in [-0.4, -0.2) is 24.6 Å². The molecule has 1 heterocycles. The Morgan fingerprint density at radius 1 is 1.10 bits per heavy atom. The van der Waals surface area contributed by atoms with Gasteiger partial charge < -0.3 is 4.74 Å². The molecule has 0 saturated carbocycles. The molecule has 0 amide bonds. The molecule has 2 nitrogen and oxygen atoms in total. The van der Waals surface area contributed by atoms with Crippen molar-refractivity contribution in [2.24, 2.45) is 0 Å². The van der Waals surface area contributed by atoms with Crippen molar-refractivity contribution in [1.29, 1.82) is 0 Å². The number of morpholine rings is 1. The lowest BCUT2D eigenvalue weighted by atomic mass is 9.93. The van der Waals surface area contributed by atoms with Crippen LogP contribution in [0.5, 0.6) is 0 Å². The van der Waals surface area contributed by atoms with Crippen LogP contribution < -0.4 is 0 Å². The van der Waals surface area contributed by atoms with Gasteiger partial charge in [-0.1, -0.05) is 58.4 Å². The van der Waals surface area contributed by atoms with E-state index in [2.05, 4.69) is 82.4 Å². The molecule has 0 aromatic heterocycles. The third-order valence-corrected chi connectivity index (χ3v) is 4.59. The van der Waals surface area contributed by atoms with Gasteiger partial charge in [0.05, 0.1) is 6.61 Å². The summed E-state index contributed by atoms with van der Waals surface area (Å²) in [5.41, 5.74) is 2.37. The van der Waals surface area contributed by atoms with E-state index in [0.717, 1.165) is 30.7 Å². The van der Waals surface area contributed by atoms with Crippen LogP contribution in [0.3, 0.4) is 0 Å². The lowest BCUT2D eigenvalue weighted by molar-refractivity contribution is -0.105. The monoisotopic (exact) mass is 345 g/mol. The highest BCUT2D eigenvalue weighted by Gasteiger charge is 2.33. The highest BCUT2D eigenvalue weighted by molar-refractivity contribution is 9.10. The van der Waals surface area contributed by atoms with Crippen molar-refractivity contribution in [3.05, 3.63) is 70.2 Å². The zero-order valence-electron chi connectivity index (χ0n) is 12.3. The Kier molecular flexibility index (Phi) is 4.43. The van der Waals surface area contributed by atoms with Crippen LogP contribution in [0.25, 0.3) is 0 Å².